The fourth-order valence-electron chi connectivity index (χ4n) is 2.61. The van der Waals surface area contributed by atoms with Crippen LogP contribution in [0.5, 0.6) is 5.75 Å². The highest BCUT2D eigenvalue weighted by Gasteiger charge is 2.33. The van der Waals surface area contributed by atoms with Crippen molar-refractivity contribution in [3.05, 3.63) is 35.9 Å². The molecule has 4 N–H and O–H groups in total. The predicted molar refractivity (Wildman–Crippen MR) is 104 cm³/mol. The van der Waals surface area contributed by atoms with Crippen molar-refractivity contribution in [2.24, 2.45) is 5.73 Å². The summed E-state index contributed by atoms with van der Waals surface area (Å²) in [6.45, 7) is 3.72. The number of nitrogens with two attached hydrogens (primary N) is 1. The maximum absolute atomic E-state index is 13.2. The van der Waals surface area contributed by atoms with E-state index in [1.54, 1.807) is 38.1 Å². The minimum atomic E-state index is -3.90. The lowest BCUT2D eigenvalue weighted by atomic mass is 10.1. The van der Waals surface area contributed by atoms with Crippen molar-refractivity contribution < 1.29 is 23.1 Å². The molecule has 0 aliphatic carbocycles. The minimum absolute atomic E-state index is 0.00810. The van der Waals surface area contributed by atoms with Crippen LogP contribution in [0.1, 0.15) is 24.2 Å². The van der Waals surface area contributed by atoms with Crippen LogP contribution >= 0.6 is 11.3 Å². The molecule has 0 bridgehead atoms. The third kappa shape index (κ3) is 4.02. The summed E-state index contributed by atoms with van der Waals surface area (Å²) in [6, 6.07) is 8.14. The van der Waals surface area contributed by atoms with Crippen LogP contribution in [-0.2, 0) is 10.0 Å². The summed E-state index contributed by atoms with van der Waals surface area (Å²) >= 11 is 0.910. The largest absolute Gasteiger partial charge is 0.489 e. The second-order valence-corrected chi connectivity index (χ2v) is 9.87. The van der Waals surface area contributed by atoms with Gasteiger partial charge in [-0.25, -0.2) is 8.42 Å². The first-order valence-electron chi connectivity index (χ1n) is 8.24. The lowest BCUT2D eigenvalue weighted by Crippen LogP contribution is -2.37. The lowest BCUT2D eigenvalue weighted by Gasteiger charge is -2.29. The van der Waals surface area contributed by atoms with Gasteiger partial charge in [-0.05, 0) is 32.0 Å². The van der Waals surface area contributed by atoms with Gasteiger partial charge in [-0.3, -0.25) is 9.10 Å². The second-order valence-electron chi connectivity index (χ2n) is 6.73. The summed E-state index contributed by atoms with van der Waals surface area (Å²) in [6.07, 6.45) is 0. The first kappa shape index (κ1) is 19.5. The fourth-order valence-corrected chi connectivity index (χ4v) is 5.55. The van der Waals surface area contributed by atoms with E-state index >= 15 is 0 Å². The van der Waals surface area contributed by atoms with E-state index in [0.717, 1.165) is 11.3 Å². The zero-order valence-electron chi connectivity index (χ0n) is 14.9. The Hall–Kier alpha value is -2.30. The summed E-state index contributed by atoms with van der Waals surface area (Å²) in [5, 5.41) is 13.1. The molecule has 27 heavy (non-hydrogen) atoms. The third-order valence-corrected chi connectivity index (χ3v) is 7.24. The van der Waals surface area contributed by atoms with Crippen LogP contribution in [0.25, 0.3) is 0 Å². The summed E-state index contributed by atoms with van der Waals surface area (Å²) in [7, 11) is -3.90. The van der Waals surface area contributed by atoms with Crippen molar-refractivity contribution in [1.29, 1.82) is 0 Å². The maximum Gasteiger partial charge on any atom is 0.274 e. The second kappa shape index (κ2) is 7.02. The van der Waals surface area contributed by atoms with Gasteiger partial charge in [0, 0.05) is 6.54 Å². The Morgan fingerprint density at radius 1 is 1.41 bits per heavy atom. The Bertz CT molecular complexity index is 963. The normalized spacial score (nSPS) is 14.4. The zero-order chi connectivity index (χ0) is 19.8. The number of carbonyl (C=O) groups excluding carboxylic acids is 1. The van der Waals surface area contributed by atoms with Crippen LogP contribution in [0.4, 0.5) is 10.7 Å². The summed E-state index contributed by atoms with van der Waals surface area (Å²) in [4.78, 5) is 11.8. The number of benzene rings is 1. The van der Waals surface area contributed by atoms with Crippen LogP contribution in [0.3, 0.4) is 0 Å². The highest BCUT2D eigenvalue weighted by atomic mass is 32.2. The Balaban J connectivity index is 1.99. The van der Waals surface area contributed by atoms with Gasteiger partial charge < -0.3 is 20.9 Å². The molecule has 0 radical (unpaired) electrons. The number of hydrogen-bond donors (Lipinski definition) is 3. The number of anilines is 2. The molecule has 2 heterocycles. The van der Waals surface area contributed by atoms with E-state index in [4.69, 9.17) is 10.5 Å². The van der Waals surface area contributed by atoms with Gasteiger partial charge >= 0.3 is 0 Å². The third-order valence-electron chi connectivity index (χ3n) is 3.89. The first-order valence-corrected chi connectivity index (χ1v) is 10.5. The van der Waals surface area contributed by atoms with Crippen LogP contribution in [0.15, 0.2) is 34.5 Å². The lowest BCUT2D eigenvalue weighted by molar-refractivity contribution is 0.0941. The van der Waals surface area contributed by atoms with E-state index in [0.29, 0.717) is 16.4 Å². The molecule has 1 aliphatic rings. The van der Waals surface area contributed by atoms with Crippen LogP contribution in [-0.4, -0.2) is 44.7 Å². The Morgan fingerprint density at radius 2 is 2.11 bits per heavy atom. The molecule has 10 heteroatoms. The predicted octanol–water partition coefficient (Wildman–Crippen LogP) is 1.62. The molecule has 8 nitrogen and oxygen atoms in total. The van der Waals surface area contributed by atoms with Crippen molar-refractivity contribution in [1.82, 2.24) is 0 Å². The number of ether oxygens (including phenoxy) is 1. The van der Waals surface area contributed by atoms with Crippen molar-refractivity contribution in [2.75, 3.05) is 29.3 Å². The fraction of sp³-hybridized carbons (Fsp3) is 0.353. The minimum Gasteiger partial charge on any atom is -0.489 e. The molecule has 0 fully saturated rings. The molecule has 0 saturated heterocycles. The Kier molecular flexibility index (Phi) is 5.06. The van der Waals surface area contributed by atoms with Gasteiger partial charge in [0.25, 0.3) is 15.9 Å². The van der Waals surface area contributed by atoms with Gasteiger partial charge in [-0.15, -0.1) is 11.3 Å². The quantitative estimate of drug-likeness (QED) is 0.664. The summed E-state index contributed by atoms with van der Waals surface area (Å²) < 4.78 is 33.2. The number of nitrogens with one attached hydrogen (secondary N) is 1. The van der Waals surface area contributed by atoms with Crippen molar-refractivity contribution in [3.63, 3.8) is 0 Å². The number of para-hydroxylation sites is 2. The number of primary amides is 1. The molecule has 0 saturated carbocycles. The van der Waals surface area contributed by atoms with Gasteiger partial charge in [0.1, 0.15) is 21.6 Å². The number of carbonyl (C=O) groups is 1. The van der Waals surface area contributed by atoms with Crippen LogP contribution in [0.2, 0.25) is 0 Å². The number of aliphatic hydroxyl groups is 1. The molecule has 2 aromatic rings. The molecule has 1 aromatic carbocycles. The average Bonchev–Trinajstić information content (AvgIpc) is 3.04. The first-order chi connectivity index (χ1) is 12.6. The smallest absolute Gasteiger partial charge is 0.274 e. The van der Waals surface area contributed by atoms with Gasteiger partial charge in [0.2, 0.25) is 0 Å². The molecule has 1 aliphatic heterocycles. The molecular weight excluding hydrogens is 390 g/mol. The van der Waals surface area contributed by atoms with Crippen LogP contribution in [0, 0.1) is 0 Å². The van der Waals surface area contributed by atoms with E-state index in [-0.39, 0.29) is 29.5 Å². The van der Waals surface area contributed by atoms with Gasteiger partial charge in [-0.1, -0.05) is 12.1 Å². The average molecular weight is 412 g/mol. The summed E-state index contributed by atoms with van der Waals surface area (Å²) in [5.41, 5.74) is 4.88. The van der Waals surface area contributed by atoms with E-state index in [1.807, 2.05) is 0 Å². The molecule has 0 spiro atoms. The molecule has 146 valence electrons. The number of fused-ring (bicyclic) bond motifs is 1. The Labute approximate surface area is 161 Å². The number of rotatable bonds is 6. The molecule has 0 unspecified atom stereocenters. The van der Waals surface area contributed by atoms with Gasteiger partial charge in [0.15, 0.2) is 0 Å². The molecule has 1 aromatic heterocycles. The number of amides is 1. The topological polar surface area (TPSA) is 122 Å². The summed E-state index contributed by atoms with van der Waals surface area (Å²) in [5.74, 6) is -0.257. The number of nitrogens with zero attached hydrogens (tertiary/aromatic N) is 1. The van der Waals surface area contributed by atoms with E-state index < -0.39 is 21.5 Å². The molecule has 0 atom stereocenters. The number of sulfonamides is 1. The van der Waals surface area contributed by atoms with E-state index in [9.17, 15) is 18.3 Å². The monoisotopic (exact) mass is 411 g/mol. The highest BCUT2D eigenvalue weighted by molar-refractivity contribution is 7.94. The Morgan fingerprint density at radius 3 is 2.78 bits per heavy atom. The zero-order valence-corrected chi connectivity index (χ0v) is 16.6. The van der Waals surface area contributed by atoms with Crippen molar-refractivity contribution >= 4 is 38.0 Å². The molecule has 3 rings (SSSR count). The van der Waals surface area contributed by atoms with Gasteiger partial charge in [-0.2, -0.15) is 0 Å². The SMILES string of the molecule is CC(C)(O)CNc1sc(S(=O)(=O)N2CCOc3ccccc32)cc1C(N)=O. The van der Waals surface area contributed by atoms with Crippen molar-refractivity contribution in [2.45, 2.75) is 23.7 Å². The van der Waals surface area contributed by atoms with E-state index in [2.05, 4.69) is 5.32 Å². The van der Waals surface area contributed by atoms with Crippen molar-refractivity contribution in [3.8, 4) is 5.75 Å². The number of thiophene rings is 1. The maximum atomic E-state index is 13.2. The van der Waals surface area contributed by atoms with Gasteiger partial charge in [0.05, 0.1) is 23.4 Å². The van der Waals surface area contributed by atoms with Crippen LogP contribution < -0.4 is 20.1 Å². The highest BCUT2D eigenvalue weighted by Crippen LogP contribution is 2.38. The molecular formula is C17H21N3O5S2. The van der Waals surface area contributed by atoms with E-state index in [1.165, 1.54) is 10.4 Å². The standard InChI is InChI=1S/C17H21N3O5S2/c1-17(2,22)10-19-16-11(15(18)21)9-14(26-16)27(23,24)20-7-8-25-13-6-4-3-5-12(13)20/h3-6,9,19,22H,7-8,10H2,1-2H3,(H2,18,21). The number of hydrogen-bond acceptors (Lipinski definition) is 7. The molecule has 1 amide bonds.